The minimum atomic E-state index is -4.94. The van der Waals surface area contributed by atoms with Crippen LogP contribution in [0.15, 0.2) is 0 Å². The van der Waals surface area contributed by atoms with Gasteiger partial charge in [-0.25, -0.2) is 37.3 Å². The summed E-state index contributed by atoms with van der Waals surface area (Å²) in [6.45, 7) is 0. The Morgan fingerprint density at radius 2 is 0.400 bits per heavy atom. The molecule has 0 bridgehead atoms. The molecule has 0 aromatic rings. The van der Waals surface area contributed by atoms with E-state index in [9.17, 15) is 0 Å². The summed E-state index contributed by atoms with van der Waals surface area (Å²) < 4.78 is 67.9. The van der Waals surface area contributed by atoms with Crippen LogP contribution in [0.1, 0.15) is 0 Å². The van der Waals surface area contributed by atoms with Crippen LogP contribution in [0.25, 0.3) is 0 Å². The van der Waals surface area contributed by atoms with E-state index in [-0.39, 0.29) is 39.0 Å². The second kappa shape index (κ2) is 17.0. The Hall–Kier alpha value is 0.619. The Morgan fingerprint density at radius 1 is 0.400 bits per heavy atom. The first kappa shape index (κ1) is 44.9. The number of hydrogen-bond donors (Lipinski definition) is 0. The summed E-state index contributed by atoms with van der Waals surface area (Å²) in [5.74, 6) is 0. The molecule has 0 aliphatic rings. The summed E-state index contributed by atoms with van der Waals surface area (Å²) in [5, 5.41) is 0. The minimum absolute atomic E-state index is 0. The standard InChI is InChI=1S/2ClHO4.Cu.4H2O/c2*2-1(3,4)5;;;;;/h2*(H,2,3,4,5);;4*1H2/q;;+2;;;;/p-2. The fourth-order valence-corrected chi connectivity index (χ4v) is 0. The van der Waals surface area contributed by atoms with Gasteiger partial charge in [0.15, 0.2) is 0 Å². The maximum absolute atomic E-state index is 8.49. The first-order chi connectivity index (χ1) is 4.00. The van der Waals surface area contributed by atoms with Crippen LogP contribution < -0.4 is 37.3 Å². The Labute approximate surface area is 97.2 Å². The van der Waals surface area contributed by atoms with Gasteiger partial charge in [-0.3, -0.25) is 0 Å². The summed E-state index contributed by atoms with van der Waals surface area (Å²) >= 11 is 0. The molecule has 0 rings (SSSR count). The largest absolute Gasteiger partial charge is 2.00 e. The van der Waals surface area contributed by atoms with Gasteiger partial charge in [-0.05, 0) is 0 Å². The maximum Gasteiger partial charge on any atom is 2.00 e. The Bertz CT molecular complexity index is 56.6. The quantitative estimate of drug-likeness (QED) is 0.381. The molecule has 1 radical (unpaired) electrons. The summed E-state index contributed by atoms with van der Waals surface area (Å²) in [5.41, 5.74) is 0. The zero-order chi connectivity index (χ0) is 9.00. The second-order valence-corrected chi connectivity index (χ2v) is 2.27. The molecule has 0 heterocycles. The van der Waals surface area contributed by atoms with Gasteiger partial charge in [-0.15, -0.1) is 20.5 Å². The van der Waals surface area contributed by atoms with Gasteiger partial charge in [0.25, 0.3) is 0 Å². The third kappa shape index (κ3) is 6070. The first-order valence-corrected chi connectivity index (χ1v) is 3.70. The Kier molecular flexibility index (Phi) is 51.0. The summed E-state index contributed by atoms with van der Waals surface area (Å²) in [7, 11) is -9.89. The van der Waals surface area contributed by atoms with E-state index in [1.165, 1.54) is 0 Å². The van der Waals surface area contributed by atoms with Crippen molar-refractivity contribution in [2.75, 3.05) is 0 Å². The fraction of sp³-hybridized carbons (Fsp3) is 0. The monoisotopic (exact) mass is 333 g/mol. The predicted molar refractivity (Wildman–Crippen MR) is 14.5 cm³/mol. The molecule has 0 aromatic heterocycles. The van der Waals surface area contributed by atoms with Crippen molar-refractivity contribution in [1.29, 1.82) is 0 Å². The molecular weight excluding hydrogens is 326 g/mol. The van der Waals surface area contributed by atoms with E-state index < -0.39 is 20.5 Å². The molecule has 0 aliphatic carbocycles. The topological polar surface area (TPSA) is 310 Å². The predicted octanol–water partition coefficient (Wildman–Crippen LogP) is -12.8. The second-order valence-electron chi connectivity index (χ2n) is 0.756. The van der Waals surface area contributed by atoms with Crippen molar-refractivity contribution in [2.45, 2.75) is 0 Å². The van der Waals surface area contributed by atoms with E-state index in [0.717, 1.165) is 0 Å². The van der Waals surface area contributed by atoms with E-state index in [1.807, 2.05) is 0 Å². The van der Waals surface area contributed by atoms with Crippen LogP contribution in [0.4, 0.5) is 0 Å². The molecule has 0 saturated carbocycles. The Morgan fingerprint density at radius 3 is 0.400 bits per heavy atom. The van der Waals surface area contributed by atoms with Crippen molar-refractivity contribution in [1.82, 2.24) is 0 Å². The summed E-state index contributed by atoms with van der Waals surface area (Å²) in [6.07, 6.45) is 0. The van der Waals surface area contributed by atoms with Gasteiger partial charge in [0.1, 0.15) is 0 Å². The van der Waals surface area contributed by atoms with Crippen molar-refractivity contribution in [3.63, 3.8) is 0 Å². The van der Waals surface area contributed by atoms with Gasteiger partial charge in [-0.2, -0.15) is 0 Å². The van der Waals surface area contributed by atoms with E-state index in [4.69, 9.17) is 37.3 Å². The normalized spacial score (nSPS) is 8.00. The molecule has 0 fully saturated rings. The van der Waals surface area contributed by atoms with Crippen molar-refractivity contribution in [3.05, 3.63) is 0 Å². The van der Waals surface area contributed by atoms with Gasteiger partial charge < -0.3 is 21.9 Å². The molecule has 8 N–H and O–H groups in total. The fourth-order valence-electron chi connectivity index (χ4n) is 0. The number of rotatable bonds is 0. The van der Waals surface area contributed by atoms with Crippen LogP contribution >= 0.6 is 0 Å². The maximum atomic E-state index is 8.49. The van der Waals surface area contributed by atoms with Crippen molar-refractivity contribution in [3.8, 4) is 0 Å². The molecule has 105 valence electrons. The van der Waals surface area contributed by atoms with Crippen LogP contribution in [-0.2, 0) is 17.1 Å². The molecule has 0 unspecified atom stereocenters. The van der Waals surface area contributed by atoms with E-state index in [0.29, 0.717) is 0 Å². The molecule has 0 aromatic carbocycles. The summed E-state index contributed by atoms with van der Waals surface area (Å²) in [6, 6.07) is 0. The van der Waals surface area contributed by atoms with Gasteiger partial charge in [0, 0.05) is 0 Å². The average molecular weight is 335 g/mol. The van der Waals surface area contributed by atoms with Crippen LogP contribution in [0.2, 0.25) is 0 Å². The molecule has 0 aliphatic heterocycles. The van der Waals surface area contributed by atoms with Crippen LogP contribution in [0.5, 0.6) is 0 Å². The smallest absolute Gasteiger partial charge is 0.412 e. The third-order valence-corrected chi connectivity index (χ3v) is 0. The van der Waals surface area contributed by atoms with Crippen molar-refractivity contribution >= 4 is 0 Å². The number of hydrogen-bond acceptors (Lipinski definition) is 8. The third-order valence-electron chi connectivity index (χ3n) is 0. The zero-order valence-electron chi connectivity index (χ0n) is 6.32. The zero-order valence-corrected chi connectivity index (χ0v) is 8.78. The molecule has 0 amide bonds. The number of halogens is 2. The Balaban J connectivity index is -0.0000000128. The van der Waals surface area contributed by atoms with Crippen molar-refractivity contribution < 1.29 is 96.7 Å². The van der Waals surface area contributed by atoms with Gasteiger partial charge in [0.2, 0.25) is 0 Å². The van der Waals surface area contributed by atoms with E-state index >= 15 is 0 Å². The minimum Gasteiger partial charge on any atom is -0.412 e. The molecule has 0 spiro atoms. The molecular formula is H8Cl2CuO12. The molecule has 12 nitrogen and oxygen atoms in total. The molecule has 15 heteroatoms. The molecule has 15 heavy (non-hydrogen) atoms. The summed E-state index contributed by atoms with van der Waals surface area (Å²) in [4.78, 5) is 0. The average Bonchev–Trinajstić information content (AvgIpc) is 1.12. The molecule has 0 saturated heterocycles. The van der Waals surface area contributed by atoms with Crippen LogP contribution in [0, 0.1) is 20.5 Å². The van der Waals surface area contributed by atoms with Crippen LogP contribution in [0.3, 0.4) is 0 Å². The van der Waals surface area contributed by atoms with Gasteiger partial charge in [-0.1, -0.05) is 0 Å². The van der Waals surface area contributed by atoms with Gasteiger partial charge in [0.05, 0.1) is 0 Å². The van der Waals surface area contributed by atoms with E-state index in [1.54, 1.807) is 0 Å². The van der Waals surface area contributed by atoms with Gasteiger partial charge >= 0.3 is 17.1 Å². The van der Waals surface area contributed by atoms with Crippen molar-refractivity contribution in [2.24, 2.45) is 0 Å². The first-order valence-electron chi connectivity index (χ1n) is 1.23. The SMILES string of the molecule is O.O.O.O.[Cu+2].[O-][Cl+3]([O-])([O-])[O-].[O-][Cl+3]([O-])([O-])[O-]. The molecule has 0 atom stereocenters. The van der Waals surface area contributed by atoms with E-state index in [2.05, 4.69) is 0 Å². The van der Waals surface area contributed by atoms with Crippen LogP contribution in [-0.4, -0.2) is 21.9 Å².